The Morgan fingerprint density at radius 2 is 1.44 bits per heavy atom. The Morgan fingerprint density at radius 3 is 2.09 bits per heavy atom. The number of carbonyl (C=O) groups excluding carboxylic acids is 6. The van der Waals surface area contributed by atoms with Gasteiger partial charge < -0.3 is 46.6 Å². The quantitative estimate of drug-likeness (QED) is 0.113. The van der Waals surface area contributed by atoms with Gasteiger partial charge in [0.2, 0.25) is 35.4 Å². The van der Waals surface area contributed by atoms with Crippen molar-refractivity contribution in [1.82, 2.24) is 36.8 Å². The molecule has 0 aromatic heterocycles. The van der Waals surface area contributed by atoms with E-state index in [1.807, 2.05) is 51.1 Å². The summed E-state index contributed by atoms with van der Waals surface area (Å²) in [4.78, 5) is 91.1. The number of benzene rings is 2. The molecule has 16 nitrogen and oxygen atoms in total. The third kappa shape index (κ3) is 13.2. The van der Waals surface area contributed by atoms with Gasteiger partial charge in [0.25, 0.3) is 0 Å². The maximum atomic E-state index is 13.9. The van der Waals surface area contributed by atoms with Crippen LogP contribution in [0.2, 0.25) is 0 Å². The zero-order valence-electron chi connectivity index (χ0n) is 30.9. The van der Waals surface area contributed by atoms with Crippen molar-refractivity contribution in [3.8, 4) is 5.75 Å². The lowest BCUT2D eigenvalue weighted by Gasteiger charge is -2.29. The zero-order valence-corrected chi connectivity index (χ0v) is 30.9. The first-order chi connectivity index (χ1) is 25.7. The molecule has 4 atom stereocenters. The Morgan fingerprint density at radius 1 is 0.778 bits per heavy atom. The van der Waals surface area contributed by atoms with Crippen molar-refractivity contribution in [2.75, 3.05) is 32.7 Å². The molecule has 0 saturated carbocycles. The molecule has 2 aromatic rings. The van der Waals surface area contributed by atoms with Crippen LogP contribution < -0.4 is 36.6 Å². The number of carboxylic acid groups (broad SMARTS) is 1. The molecule has 292 valence electrons. The molecule has 16 heteroatoms. The minimum absolute atomic E-state index is 0.0217. The fourth-order valence-corrected chi connectivity index (χ4v) is 6.28. The van der Waals surface area contributed by atoms with Crippen LogP contribution in [0, 0.1) is 0 Å². The van der Waals surface area contributed by atoms with Gasteiger partial charge >= 0.3 is 5.97 Å². The van der Waals surface area contributed by atoms with Gasteiger partial charge in [-0.2, -0.15) is 0 Å². The number of amides is 6. The van der Waals surface area contributed by atoms with Gasteiger partial charge in [0.05, 0.1) is 19.1 Å². The minimum Gasteiger partial charge on any atom is -0.488 e. The Hall–Kier alpha value is -5.51. The molecule has 2 aliphatic rings. The molecule has 2 fully saturated rings. The SMILES string of the molecule is CC(C)(C)Oc1ccc(C[C@H](NC(=O)CNC(=O)[C@@H]2CCCN2C(=O)[C@H](Cc2ccccc2)NC(=O)[C@@H]2CCCN2)C(=O)NCC(=O)NCC(=O)O)cc1. The first-order valence-electron chi connectivity index (χ1n) is 18.2. The smallest absolute Gasteiger partial charge is 0.322 e. The minimum atomic E-state index is -1.25. The van der Waals surface area contributed by atoms with Crippen LogP contribution in [0.1, 0.15) is 57.6 Å². The van der Waals surface area contributed by atoms with Crippen molar-refractivity contribution in [2.24, 2.45) is 0 Å². The molecule has 6 amide bonds. The van der Waals surface area contributed by atoms with E-state index in [1.54, 1.807) is 24.3 Å². The van der Waals surface area contributed by atoms with Gasteiger partial charge in [-0.3, -0.25) is 33.6 Å². The molecule has 2 aromatic carbocycles. The number of carbonyl (C=O) groups is 7. The summed E-state index contributed by atoms with van der Waals surface area (Å²) >= 11 is 0. The number of hydrogen-bond acceptors (Lipinski definition) is 9. The predicted octanol–water partition coefficient (Wildman–Crippen LogP) is -0.205. The highest BCUT2D eigenvalue weighted by Gasteiger charge is 2.38. The predicted molar refractivity (Wildman–Crippen MR) is 197 cm³/mol. The fraction of sp³-hybridized carbons (Fsp3) is 0.500. The molecule has 0 unspecified atom stereocenters. The van der Waals surface area contributed by atoms with Crippen LogP contribution in [0.5, 0.6) is 5.75 Å². The van der Waals surface area contributed by atoms with E-state index >= 15 is 0 Å². The molecule has 0 spiro atoms. The number of carboxylic acids is 1. The highest BCUT2D eigenvalue weighted by Crippen LogP contribution is 2.21. The van der Waals surface area contributed by atoms with Crippen molar-refractivity contribution in [2.45, 2.75) is 89.1 Å². The molecular weight excluding hydrogens is 698 g/mol. The van der Waals surface area contributed by atoms with E-state index in [4.69, 9.17) is 9.84 Å². The molecule has 0 radical (unpaired) electrons. The lowest BCUT2D eigenvalue weighted by atomic mass is 10.0. The average Bonchev–Trinajstić information content (AvgIpc) is 3.85. The lowest BCUT2D eigenvalue weighted by Crippen LogP contribution is -2.57. The van der Waals surface area contributed by atoms with Crippen LogP contribution in [0.25, 0.3) is 0 Å². The second kappa shape index (κ2) is 19.5. The molecule has 0 aliphatic carbocycles. The number of likely N-dealkylation sites (tertiary alicyclic amines) is 1. The number of rotatable bonds is 17. The monoisotopic (exact) mass is 749 g/mol. The van der Waals surface area contributed by atoms with Gasteiger partial charge in [0, 0.05) is 19.4 Å². The van der Waals surface area contributed by atoms with Crippen molar-refractivity contribution in [3.63, 3.8) is 0 Å². The molecule has 4 rings (SSSR count). The van der Waals surface area contributed by atoms with E-state index < -0.39 is 84.9 Å². The van der Waals surface area contributed by atoms with E-state index in [1.165, 1.54) is 4.90 Å². The maximum absolute atomic E-state index is 13.9. The summed E-state index contributed by atoms with van der Waals surface area (Å²) in [5, 5.41) is 24.6. The van der Waals surface area contributed by atoms with E-state index in [0.717, 1.165) is 12.0 Å². The third-order valence-electron chi connectivity index (χ3n) is 8.83. The Bertz CT molecular complexity index is 1640. The third-order valence-corrected chi connectivity index (χ3v) is 8.83. The maximum Gasteiger partial charge on any atom is 0.322 e. The summed E-state index contributed by atoms with van der Waals surface area (Å²) in [5.74, 6) is -3.99. The topological polar surface area (TPSA) is 224 Å². The van der Waals surface area contributed by atoms with Crippen LogP contribution in [0.15, 0.2) is 54.6 Å². The lowest BCUT2D eigenvalue weighted by molar-refractivity contribution is -0.141. The number of aliphatic carboxylic acids is 1. The van der Waals surface area contributed by atoms with Crippen molar-refractivity contribution in [1.29, 1.82) is 0 Å². The first-order valence-corrected chi connectivity index (χ1v) is 18.2. The van der Waals surface area contributed by atoms with Gasteiger partial charge in [0.15, 0.2) is 0 Å². The van der Waals surface area contributed by atoms with Gasteiger partial charge in [0.1, 0.15) is 36.0 Å². The second-order valence-electron chi connectivity index (χ2n) is 14.4. The van der Waals surface area contributed by atoms with Crippen LogP contribution >= 0.6 is 0 Å². The number of ether oxygens (including phenoxy) is 1. The molecule has 54 heavy (non-hydrogen) atoms. The van der Waals surface area contributed by atoms with Gasteiger partial charge in [-0.05, 0) is 76.3 Å². The highest BCUT2D eigenvalue weighted by atomic mass is 16.5. The molecule has 0 bridgehead atoms. The van der Waals surface area contributed by atoms with E-state index in [9.17, 15) is 33.6 Å². The Labute approximate surface area is 314 Å². The van der Waals surface area contributed by atoms with E-state index in [-0.39, 0.29) is 18.7 Å². The second-order valence-corrected chi connectivity index (χ2v) is 14.4. The molecular formula is C38H51N7O9. The molecule has 7 N–H and O–H groups in total. The van der Waals surface area contributed by atoms with Gasteiger partial charge in [-0.25, -0.2) is 0 Å². The normalized spacial score (nSPS) is 17.8. The first kappa shape index (κ1) is 41.2. The van der Waals surface area contributed by atoms with E-state index in [0.29, 0.717) is 43.7 Å². The summed E-state index contributed by atoms with van der Waals surface area (Å²) in [6.07, 6.45) is 2.69. The van der Waals surface area contributed by atoms with Gasteiger partial charge in [-0.15, -0.1) is 0 Å². The highest BCUT2D eigenvalue weighted by molar-refractivity contribution is 5.96. The molecule has 2 heterocycles. The van der Waals surface area contributed by atoms with Crippen molar-refractivity contribution < 1.29 is 43.4 Å². The summed E-state index contributed by atoms with van der Waals surface area (Å²) < 4.78 is 5.85. The van der Waals surface area contributed by atoms with Crippen molar-refractivity contribution in [3.05, 3.63) is 65.7 Å². The number of hydrogen-bond donors (Lipinski definition) is 7. The van der Waals surface area contributed by atoms with Crippen LogP contribution in [0.4, 0.5) is 0 Å². The number of nitrogens with one attached hydrogen (secondary N) is 6. The van der Waals surface area contributed by atoms with Crippen LogP contribution in [-0.4, -0.2) is 114 Å². The zero-order chi connectivity index (χ0) is 39.3. The summed E-state index contributed by atoms with van der Waals surface area (Å²) in [7, 11) is 0. The van der Waals surface area contributed by atoms with Crippen LogP contribution in [-0.2, 0) is 46.4 Å². The largest absolute Gasteiger partial charge is 0.488 e. The Kier molecular flexibility index (Phi) is 14.9. The fourth-order valence-electron chi connectivity index (χ4n) is 6.28. The van der Waals surface area contributed by atoms with Gasteiger partial charge in [-0.1, -0.05) is 42.5 Å². The molecule has 2 saturated heterocycles. The van der Waals surface area contributed by atoms with Crippen LogP contribution in [0.3, 0.4) is 0 Å². The standard InChI is InChI=1S/C38H51N7O9/c1-38(2,3)54-26-15-13-25(14-16-26)19-28(34(50)41-21-31(46)40-23-33(48)49)43-32(47)22-42-36(52)30-12-8-18-45(30)37(53)29(20-24-9-5-4-6-10-24)44-35(51)27-11-7-17-39-27/h4-6,9-10,13-16,27-30,39H,7-8,11-12,17-23H2,1-3H3,(H,40,46)(H,41,50)(H,42,52)(H,43,47)(H,44,51)(H,48,49)/t27-,28-,29-,30-/m0/s1. The summed E-state index contributed by atoms with van der Waals surface area (Å²) in [6.45, 7) is 5.08. The molecule has 2 aliphatic heterocycles. The summed E-state index contributed by atoms with van der Waals surface area (Å²) in [6, 6.07) is 12.9. The average molecular weight is 750 g/mol. The van der Waals surface area contributed by atoms with E-state index in [2.05, 4.69) is 31.9 Å². The number of nitrogens with zero attached hydrogens (tertiary/aromatic N) is 1. The summed E-state index contributed by atoms with van der Waals surface area (Å²) in [5.41, 5.74) is 1.08. The van der Waals surface area contributed by atoms with Crippen molar-refractivity contribution >= 4 is 41.4 Å². The Balaban J connectivity index is 1.39.